The molecule has 1 aliphatic heterocycles. The Bertz CT molecular complexity index is 1370. The molecule has 1 saturated carbocycles. The number of amides is 1. The Balaban J connectivity index is 1.42. The Morgan fingerprint density at radius 1 is 1.12 bits per heavy atom. The monoisotopic (exact) mass is 450 g/mol. The quantitative estimate of drug-likeness (QED) is 0.654. The highest BCUT2D eigenvalue weighted by Gasteiger charge is 2.34. The number of carbonyl (C=O) groups is 1. The Hall–Kier alpha value is -2.74. The minimum Gasteiger partial charge on any atom is -0.322 e. The molecule has 8 heteroatoms. The number of fused-ring (bicyclic) bond motifs is 2. The van der Waals surface area contributed by atoms with Gasteiger partial charge in [-0.1, -0.05) is 6.07 Å². The van der Waals surface area contributed by atoms with Crippen molar-refractivity contribution < 1.29 is 13.2 Å². The lowest BCUT2D eigenvalue weighted by molar-refractivity contribution is 0.102. The molecule has 3 heterocycles. The predicted octanol–water partition coefficient (Wildman–Crippen LogP) is 3.72. The van der Waals surface area contributed by atoms with E-state index in [1.54, 1.807) is 4.68 Å². The summed E-state index contributed by atoms with van der Waals surface area (Å²) >= 11 is 0. The second-order valence-corrected chi connectivity index (χ2v) is 11.7. The zero-order valence-electron chi connectivity index (χ0n) is 18.1. The second kappa shape index (κ2) is 7.13. The van der Waals surface area contributed by atoms with Crippen LogP contribution in [0.15, 0.2) is 24.3 Å². The van der Waals surface area contributed by atoms with E-state index in [2.05, 4.69) is 22.5 Å². The van der Waals surface area contributed by atoms with Gasteiger partial charge in [0.15, 0.2) is 15.5 Å². The van der Waals surface area contributed by atoms with Gasteiger partial charge in [0.05, 0.1) is 34.2 Å². The van der Waals surface area contributed by atoms with Crippen molar-refractivity contribution in [1.82, 2.24) is 14.8 Å². The van der Waals surface area contributed by atoms with Crippen LogP contribution in [0.1, 0.15) is 70.5 Å². The summed E-state index contributed by atoms with van der Waals surface area (Å²) in [7, 11) is -3.06. The van der Waals surface area contributed by atoms with Crippen molar-refractivity contribution in [3.05, 3.63) is 52.3 Å². The summed E-state index contributed by atoms with van der Waals surface area (Å²) in [6, 6.07) is 7.85. The van der Waals surface area contributed by atoms with Gasteiger partial charge in [-0.3, -0.25) is 4.79 Å². The van der Waals surface area contributed by atoms with Crippen LogP contribution in [0.25, 0.3) is 11.0 Å². The first-order valence-electron chi connectivity index (χ1n) is 11.4. The van der Waals surface area contributed by atoms with Gasteiger partial charge in [-0.2, -0.15) is 5.10 Å². The first kappa shape index (κ1) is 19.9. The molecule has 2 fully saturated rings. The normalized spacial score (nSPS) is 21.7. The average Bonchev–Trinajstić information content (AvgIpc) is 3.27. The molecule has 1 amide bonds. The Kier molecular flexibility index (Phi) is 4.44. The van der Waals surface area contributed by atoms with Crippen molar-refractivity contribution in [2.75, 3.05) is 16.8 Å². The van der Waals surface area contributed by atoms with Crippen LogP contribution < -0.4 is 5.32 Å². The zero-order chi connectivity index (χ0) is 22.0. The lowest BCUT2D eigenvalue weighted by Crippen LogP contribution is -2.15. The molecule has 0 bridgehead atoms. The maximum absolute atomic E-state index is 13.4. The standard InChI is InChI=1S/C24H26N4O3S/c1-14-22-20(24(29)25-18-8-7-15-3-2-4-17(15)11-18)12-21(16-5-6-16)26-23(22)28(27-14)19-9-10-32(30,31)13-19/h7-8,11-12,16,19H,2-6,9-10,13H2,1H3,(H,25,29)/t19-/m1/s1. The molecule has 1 aromatic carbocycles. The van der Waals surface area contributed by atoms with E-state index in [-0.39, 0.29) is 23.5 Å². The molecule has 1 atom stereocenters. The van der Waals surface area contributed by atoms with Crippen LogP contribution in [0.2, 0.25) is 0 Å². The first-order valence-corrected chi connectivity index (χ1v) is 13.2. The highest BCUT2D eigenvalue weighted by molar-refractivity contribution is 7.91. The maximum Gasteiger partial charge on any atom is 0.256 e. The largest absolute Gasteiger partial charge is 0.322 e. The molecule has 2 aromatic heterocycles. The molecule has 3 aromatic rings. The van der Waals surface area contributed by atoms with Crippen molar-refractivity contribution in [1.29, 1.82) is 0 Å². The molecule has 6 rings (SSSR count). The van der Waals surface area contributed by atoms with Gasteiger partial charge >= 0.3 is 0 Å². The number of pyridine rings is 1. The van der Waals surface area contributed by atoms with E-state index in [1.165, 1.54) is 11.1 Å². The number of anilines is 1. The third-order valence-corrected chi connectivity index (χ3v) is 8.76. The fourth-order valence-electron chi connectivity index (χ4n) is 5.17. The highest BCUT2D eigenvalue weighted by Crippen LogP contribution is 2.41. The van der Waals surface area contributed by atoms with E-state index < -0.39 is 9.84 Å². The van der Waals surface area contributed by atoms with Crippen LogP contribution in [0.4, 0.5) is 5.69 Å². The predicted molar refractivity (Wildman–Crippen MR) is 123 cm³/mol. The van der Waals surface area contributed by atoms with Gasteiger partial charge < -0.3 is 5.32 Å². The topological polar surface area (TPSA) is 93.9 Å². The van der Waals surface area contributed by atoms with Crippen LogP contribution >= 0.6 is 0 Å². The van der Waals surface area contributed by atoms with Gasteiger partial charge in [-0.05, 0) is 74.8 Å². The number of nitrogens with zero attached hydrogens (tertiary/aromatic N) is 3. The van der Waals surface area contributed by atoms with Gasteiger partial charge in [0.2, 0.25) is 0 Å². The Labute approximate surface area is 187 Å². The van der Waals surface area contributed by atoms with E-state index in [1.807, 2.05) is 19.1 Å². The van der Waals surface area contributed by atoms with E-state index in [0.29, 0.717) is 29.2 Å². The molecule has 166 valence electrons. The van der Waals surface area contributed by atoms with Crippen molar-refractivity contribution in [2.45, 2.75) is 57.4 Å². The molecule has 2 aliphatic carbocycles. The Morgan fingerprint density at radius 2 is 1.94 bits per heavy atom. The molecule has 0 radical (unpaired) electrons. The molecule has 1 saturated heterocycles. The fourth-order valence-corrected chi connectivity index (χ4v) is 6.86. The van der Waals surface area contributed by atoms with Crippen molar-refractivity contribution in [3.8, 4) is 0 Å². The second-order valence-electron chi connectivity index (χ2n) is 9.45. The highest BCUT2D eigenvalue weighted by atomic mass is 32.2. The first-order chi connectivity index (χ1) is 15.4. The lowest BCUT2D eigenvalue weighted by Gasteiger charge is -2.12. The summed E-state index contributed by atoms with van der Waals surface area (Å²) in [5, 5.41) is 8.47. The van der Waals surface area contributed by atoms with Gasteiger partial charge in [0.1, 0.15) is 0 Å². The van der Waals surface area contributed by atoms with Crippen LogP contribution in [0.5, 0.6) is 0 Å². The van der Waals surface area contributed by atoms with Gasteiger partial charge in [0, 0.05) is 17.3 Å². The molecule has 0 spiro atoms. The smallest absolute Gasteiger partial charge is 0.256 e. The summed E-state index contributed by atoms with van der Waals surface area (Å²) in [5.74, 6) is 0.446. The molecule has 3 aliphatic rings. The number of hydrogen-bond acceptors (Lipinski definition) is 5. The molecular formula is C24H26N4O3S. The Morgan fingerprint density at radius 3 is 2.69 bits per heavy atom. The summed E-state index contributed by atoms with van der Waals surface area (Å²) in [4.78, 5) is 18.3. The van der Waals surface area contributed by atoms with Crippen molar-refractivity contribution in [3.63, 3.8) is 0 Å². The minimum absolute atomic E-state index is 0.0786. The van der Waals surface area contributed by atoms with E-state index in [9.17, 15) is 13.2 Å². The van der Waals surface area contributed by atoms with Crippen LogP contribution in [-0.2, 0) is 22.7 Å². The summed E-state index contributed by atoms with van der Waals surface area (Å²) in [6.07, 6.45) is 5.99. The van der Waals surface area contributed by atoms with E-state index in [0.717, 1.165) is 48.9 Å². The number of carbonyl (C=O) groups excluding carboxylic acids is 1. The number of aromatic nitrogens is 3. The number of aryl methyl sites for hydroxylation is 3. The fraction of sp³-hybridized carbons (Fsp3) is 0.458. The summed E-state index contributed by atoms with van der Waals surface area (Å²) in [6.45, 7) is 1.87. The van der Waals surface area contributed by atoms with Gasteiger partial charge in [0.25, 0.3) is 5.91 Å². The zero-order valence-corrected chi connectivity index (χ0v) is 18.9. The average molecular weight is 451 g/mol. The van der Waals surface area contributed by atoms with Crippen LogP contribution in [-0.4, -0.2) is 40.6 Å². The third kappa shape index (κ3) is 3.41. The van der Waals surface area contributed by atoms with Crippen LogP contribution in [0, 0.1) is 6.92 Å². The maximum atomic E-state index is 13.4. The third-order valence-electron chi connectivity index (χ3n) is 7.01. The molecular weight excluding hydrogens is 424 g/mol. The van der Waals surface area contributed by atoms with E-state index in [4.69, 9.17) is 4.98 Å². The van der Waals surface area contributed by atoms with Gasteiger partial charge in [-0.25, -0.2) is 18.1 Å². The lowest BCUT2D eigenvalue weighted by atomic mass is 10.1. The van der Waals surface area contributed by atoms with Crippen molar-refractivity contribution in [2.24, 2.45) is 0 Å². The number of sulfone groups is 1. The number of benzene rings is 1. The minimum atomic E-state index is -3.06. The molecule has 32 heavy (non-hydrogen) atoms. The van der Waals surface area contributed by atoms with Crippen LogP contribution in [0.3, 0.4) is 0 Å². The van der Waals surface area contributed by atoms with Gasteiger partial charge in [-0.15, -0.1) is 0 Å². The molecule has 7 nitrogen and oxygen atoms in total. The number of rotatable bonds is 4. The SMILES string of the molecule is Cc1nn([C@@H]2CCS(=O)(=O)C2)c2nc(C3CC3)cc(C(=O)Nc3ccc4c(c3)CCC4)c12. The molecule has 0 unspecified atom stereocenters. The number of hydrogen-bond donors (Lipinski definition) is 1. The summed E-state index contributed by atoms with van der Waals surface area (Å²) < 4.78 is 25.9. The summed E-state index contributed by atoms with van der Waals surface area (Å²) in [5.41, 5.74) is 6.30. The number of nitrogens with one attached hydrogen (secondary N) is 1. The van der Waals surface area contributed by atoms with Crippen molar-refractivity contribution >= 4 is 32.5 Å². The van der Waals surface area contributed by atoms with E-state index >= 15 is 0 Å². The molecule has 1 N–H and O–H groups in total.